The Morgan fingerprint density at radius 1 is 0.616 bits per heavy atom. The Balaban J connectivity index is 0.000000271. The quantitative estimate of drug-likeness (QED) is 0.0406. The van der Waals surface area contributed by atoms with E-state index in [2.05, 4.69) is 61.1 Å². The van der Waals surface area contributed by atoms with Crippen LogP contribution in [0.15, 0.2) is 70.5 Å². The molecule has 7 rings (SSSR count). The summed E-state index contributed by atoms with van der Waals surface area (Å²) in [5.74, 6) is -6.91. The number of carbonyl (C=O) groups excluding carboxylic acids is 4. The number of nitrogen functional groups attached to an aromatic ring is 2. The van der Waals surface area contributed by atoms with E-state index in [4.69, 9.17) is 33.1 Å². The third kappa shape index (κ3) is 18.0. The van der Waals surface area contributed by atoms with Gasteiger partial charge in [-0.1, -0.05) is 19.3 Å². The number of H-pyrrole nitrogens is 2. The van der Waals surface area contributed by atoms with Crippen molar-refractivity contribution in [2.24, 2.45) is 11.5 Å². The van der Waals surface area contributed by atoms with Crippen LogP contribution in [-0.4, -0.2) is 104 Å². The summed E-state index contributed by atoms with van der Waals surface area (Å²) >= 11 is 0. The van der Waals surface area contributed by atoms with Gasteiger partial charge in [-0.25, -0.2) is 29.5 Å². The van der Waals surface area contributed by atoms with Gasteiger partial charge in [-0.3, -0.25) is 29.1 Å². The van der Waals surface area contributed by atoms with Gasteiger partial charge in [0.05, 0.1) is 42.5 Å². The SMILES string of the molecule is NC1(N)CCCCC1.Nc1nc2ncc(CNc3ccc(C(=O)NC(CCC(=O)[O-])C(=O)O)cc3)nc2c(=O)[nH]1.Nc1nc2ncc(CNc3ccc(C(=O)NC(CCC(=O)[O-])C(=O)O)cc3)nc2c(=O)[nH]1.[Pt+2]. The van der Waals surface area contributed by atoms with Crippen LogP contribution < -0.4 is 65.5 Å². The third-order valence-electron chi connectivity index (χ3n) is 10.5. The van der Waals surface area contributed by atoms with Gasteiger partial charge in [0, 0.05) is 34.4 Å². The fraction of sp³-hybridized carbons (Fsp3) is 0.318. The van der Waals surface area contributed by atoms with Gasteiger partial charge in [0.25, 0.3) is 22.9 Å². The van der Waals surface area contributed by atoms with E-state index in [9.17, 15) is 48.6 Å². The molecule has 1 fully saturated rings. The average molecular weight is 1190 g/mol. The van der Waals surface area contributed by atoms with E-state index in [0.29, 0.717) is 22.8 Å². The first-order valence-electron chi connectivity index (χ1n) is 21.9. The molecular formula is C44H50N16O12Pt. The molecule has 0 bridgehead atoms. The number of benzene rings is 2. The first kappa shape index (κ1) is 57.1. The molecule has 73 heavy (non-hydrogen) atoms. The minimum absolute atomic E-state index is 0. The number of hydrogen-bond donors (Lipinski definition) is 12. The Labute approximate surface area is 426 Å². The number of amides is 2. The van der Waals surface area contributed by atoms with Gasteiger partial charge in [0.15, 0.2) is 22.3 Å². The van der Waals surface area contributed by atoms with Gasteiger partial charge < -0.3 is 74.2 Å². The zero-order valence-corrected chi connectivity index (χ0v) is 40.8. The summed E-state index contributed by atoms with van der Waals surface area (Å²) in [4.78, 5) is 121. The van der Waals surface area contributed by atoms with Crippen molar-refractivity contribution in [2.45, 2.75) is 88.6 Å². The monoisotopic (exact) mass is 1190 g/mol. The molecule has 28 nitrogen and oxygen atoms in total. The number of carboxylic acids is 4. The second-order valence-corrected chi connectivity index (χ2v) is 16.2. The van der Waals surface area contributed by atoms with Gasteiger partial charge in [-0.05, 0) is 87.1 Å². The van der Waals surface area contributed by atoms with Gasteiger partial charge in [0.1, 0.15) is 12.1 Å². The number of hydrogen-bond acceptors (Lipinski definition) is 22. The van der Waals surface area contributed by atoms with Crippen molar-refractivity contribution in [3.05, 3.63) is 104 Å². The van der Waals surface area contributed by atoms with Crippen LogP contribution in [0, 0.1) is 0 Å². The zero-order valence-electron chi connectivity index (χ0n) is 38.5. The molecule has 4 heterocycles. The number of aromatic amines is 2. The second kappa shape index (κ2) is 26.6. The van der Waals surface area contributed by atoms with Gasteiger partial charge in [0.2, 0.25) is 11.9 Å². The van der Waals surface area contributed by atoms with Gasteiger partial charge in [-0.2, -0.15) is 9.97 Å². The third-order valence-corrected chi connectivity index (χ3v) is 10.5. The first-order valence-corrected chi connectivity index (χ1v) is 21.9. The fourth-order valence-corrected chi connectivity index (χ4v) is 6.71. The average Bonchev–Trinajstić information content (AvgIpc) is 3.33. The molecule has 0 radical (unpaired) electrons. The number of nitrogens with one attached hydrogen (secondary N) is 6. The number of carboxylic acid groups (broad SMARTS) is 4. The Bertz CT molecular complexity index is 2850. The molecule has 29 heteroatoms. The molecule has 0 spiro atoms. The number of aromatic nitrogens is 8. The van der Waals surface area contributed by atoms with Crippen LogP contribution in [-0.2, 0) is 53.3 Å². The van der Waals surface area contributed by atoms with E-state index in [1.165, 1.54) is 55.9 Å². The fourth-order valence-electron chi connectivity index (χ4n) is 6.71. The Morgan fingerprint density at radius 2 is 0.986 bits per heavy atom. The molecule has 388 valence electrons. The summed E-state index contributed by atoms with van der Waals surface area (Å²) in [6.07, 6.45) is 7.08. The Kier molecular flexibility index (Phi) is 20.8. The number of nitrogens with zero attached hydrogens (tertiary/aromatic N) is 6. The van der Waals surface area contributed by atoms with Crippen LogP contribution >= 0.6 is 0 Å². The standard InChI is InChI=1S/2C19H19N7O6.C6H14N2.Pt/c2*20-19-25-15-14(17(30)26-19)23-11(8-22-15)7-21-10-3-1-9(2-4-10)16(29)24-12(18(31)32)5-6-13(27)28;7-6(8)4-2-1-3-5-6;/h2*1-4,8,12,21H,5-7H2,(H,24,29)(H,27,28)(H,31,32)(H3,20,22,25,26,30);1-5,7-8H2;/q;;;+2/p-2. The maximum absolute atomic E-state index is 12.3. The maximum Gasteiger partial charge on any atom is 2.00 e. The van der Waals surface area contributed by atoms with Crippen molar-refractivity contribution >= 4 is 81.3 Å². The predicted molar refractivity (Wildman–Crippen MR) is 253 cm³/mol. The summed E-state index contributed by atoms with van der Waals surface area (Å²) < 4.78 is 0. The van der Waals surface area contributed by atoms with Crippen LogP contribution in [0.3, 0.4) is 0 Å². The van der Waals surface area contributed by atoms with Crippen molar-refractivity contribution in [1.82, 2.24) is 50.5 Å². The van der Waals surface area contributed by atoms with Crippen molar-refractivity contribution in [3.8, 4) is 0 Å². The molecule has 2 atom stereocenters. The summed E-state index contributed by atoms with van der Waals surface area (Å²) in [7, 11) is 0. The second-order valence-electron chi connectivity index (χ2n) is 16.2. The number of rotatable bonds is 18. The minimum Gasteiger partial charge on any atom is -0.550 e. The molecule has 2 unspecified atom stereocenters. The summed E-state index contributed by atoms with van der Waals surface area (Å²) in [6, 6.07) is 9.56. The molecule has 0 saturated heterocycles. The van der Waals surface area contributed by atoms with Crippen molar-refractivity contribution < 1.29 is 70.3 Å². The molecule has 4 aromatic heterocycles. The normalized spacial score (nSPS) is 13.2. The molecular weight excluding hydrogens is 1140 g/mol. The van der Waals surface area contributed by atoms with Crippen molar-refractivity contribution in [2.75, 3.05) is 22.1 Å². The van der Waals surface area contributed by atoms with Gasteiger partial charge >= 0.3 is 33.0 Å². The van der Waals surface area contributed by atoms with Gasteiger partial charge in [-0.15, -0.1) is 0 Å². The molecule has 2 amide bonds. The number of anilines is 4. The van der Waals surface area contributed by atoms with Crippen molar-refractivity contribution in [1.29, 1.82) is 0 Å². The number of fused-ring (bicyclic) bond motifs is 2. The van der Waals surface area contributed by atoms with E-state index in [-0.39, 0.29) is 98.0 Å². The maximum atomic E-state index is 12.3. The molecule has 1 aliphatic rings. The molecule has 1 saturated carbocycles. The molecule has 16 N–H and O–H groups in total. The van der Waals surface area contributed by atoms with E-state index in [0.717, 1.165) is 12.8 Å². The zero-order chi connectivity index (χ0) is 52.5. The molecule has 2 aromatic carbocycles. The van der Waals surface area contributed by atoms with E-state index in [1.54, 1.807) is 24.3 Å². The molecule has 0 aliphatic heterocycles. The minimum atomic E-state index is -1.40. The van der Waals surface area contributed by atoms with E-state index in [1.807, 2.05) is 0 Å². The molecule has 1 aliphatic carbocycles. The summed E-state index contributed by atoms with van der Waals surface area (Å²) in [6.45, 7) is 0.450. The summed E-state index contributed by atoms with van der Waals surface area (Å²) in [5.41, 5.74) is 23.8. The smallest absolute Gasteiger partial charge is 0.550 e. The number of carbonyl (C=O) groups is 6. The summed E-state index contributed by atoms with van der Waals surface area (Å²) in [5, 5.41) is 49.9. The van der Waals surface area contributed by atoms with Crippen LogP contribution in [0.4, 0.5) is 23.3 Å². The molecule has 6 aromatic rings. The van der Waals surface area contributed by atoms with Crippen molar-refractivity contribution in [3.63, 3.8) is 0 Å². The largest absolute Gasteiger partial charge is 2.00 e. The van der Waals surface area contributed by atoms with E-state index < -0.39 is 71.7 Å². The first-order chi connectivity index (χ1) is 34.2. The van der Waals surface area contributed by atoms with Crippen LogP contribution in [0.25, 0.3) is 22.3 Å². The van der Waals surface area contributed by atoms with Crippen LogP contribution in [0.5, 0.6) is 0 Å². The topological polar surface area (TPSA) is 484 Å². The Hall–Kier alpha value is -8.49. The van der Waals surface area contributed by atoms with E-state index >= 15 is 0 Å². The predicted octanol–water partition coefficient (Wildman–Crippen LogP) is -2.20. The van der Waals surface area contributed by atoms with Crippen LogP contribution in [0.1, 0.15) is 89.9 Å². The Morgan fingerprint density at radius 3 is 1.30 bits per heavy atom. The number of aliphatic carboxylic acids is 4. The van der Waals surface area contributed by atoms with Crippen LogP contribution in [0.2, 0.25) is 0 Å². The number of nitrogens with two attached hydrogens (primary N) is 4.